The number of aromatic nitrogens is 1. The second-order valence-corrected chi connectivity index (χ2v) is 5.12. The van der Waals surface area contributed by atoms with Crippen LogP contribution in [0, 0.1) is 11.3 Å². The van der Waals surface area contributed by atoms with Gasteiger partial charge in [0.2, 0.25) is 5.91 Å². The summed E-state index contributed by atoms with van der Waals surface area (Å²) in [5, 5.41) is 6.35. The number of amides is 1. The Bertz CT molecular complexity index is 412. The van der Waals surface area contributed by atoms with Crippen LogP contribution < -0.4 is 10.6 Å². The first kappa shape index (κ1) is 10.7. The number of nitrogens with zero attached hydrogens (tertiary/aromatic N) is 1. The molecule has 1 amide bonds. The van der Waals surface area contributed by atoms with Gasteiger partial charge in [-0.3, -0.25) is 9.78 Å². The first-order valence-corrected chi connectivity index (χ1v) is 6.18. The van der Waals surface area contributed by atoms with Crippen molar-refractivity contribution in [2.24, 2.45) is 11.3 Å². The van der Waals surface area contributed by atoms with Gasteiger partial charge in [0.1, 0.15) is 0 Å². The third-order valence-corrected chi connectivity index (χ3v) is 3.97. The molecule has 4 nitrogen and oxygen atoms in total. The standard InChI is InChI=1S/C13H17N3O/c17-12(11-6-13(11)3-5-15-9-13)16-8-10-2-1-4-14-7-10/h1-2,4,7,11,15H,3,5-6,8-9H2,(H,16,17). The Morgan fingerprint density at radius 3 is 3.29 bits per heavy atom. The van der Waals surface area contributed by atoms with Gasteiger partial charge in [-0.25, -0.2) is 0 Å². The molecule has 2 aliphatic rings. The van der Waals surface area contributed by atoms with Gasteiger partial charge >= 0.3 is 0 Å². The van der Waals surface area contributed by atoms with E-state index in [0.717, 1.165) is 31.5 Å². The van der Waals surface area contributed by atoms with E-state index in [4.69, 9.17) is 0 Å². The SMILES string of the molecule is O=C(NCc1cccnc1)C1CC12CCNC2. The summed E-state index contributed by atoms with van der Waals surface area (Å²) in [5.74, 6) is 0.437. The first-order chi connectivity index (χ1) is 8.30. The normalized spacial score (nSPS) is 30.5. The Morgan fingerprint density at radius 1 is 1.65 bits per heavy atom. The van der Waals surface area contributed by atoms with E-state index in [1.165, 1.54) is 0 Å². The molecule has 1 aromatic heterocycles. The van der Waals surface area contributed by atoms with E-state index < -0.39 is 0 Å². The second-order valence-electron chi connectivity index (χ2n) is 5.12. The number of hydrogen-bond donors (Lipinski definition) is 2. The quantitative estimate of drug-likeness (QED) is 0.805. The molecule has 1 saturated heterocycles. The van der Waals surface area contributed by atoms with Crippen LogP contribution in [0.4, 0.5) is 0 Å². The van der Waals surface area contributed by atoms with Crippen molar-refractivity contribution in [3.63, 3.8) is 0 Å². The first-order valence-electron chi connectivity index (χ1n) is 6.18. The van der Waals surface area contributed by atoms with Gasteiger partial charge < -0.3 is 10.6 Å². The Labute approximate surface area is 101 Å². The summed E-state index contributed by atoms with van der Waals surface area (Å²) in [6, 6.07) is 3.87. The molecule has 4 heteroatoms. The summed E-state index contributed by atoms with van der Waals surface area (Å²) in [6.07, 6.45) is 5.74. The lowest BCUT2D eigenvalue weighted by atomic mass is 10.0. The number of carbonyl (C=O) groups is 1. The van der Waals surface area contributed by atoms with Crippen molar-refractivity contribution in [3.8, 4) is 0 Å². The number of hydrogen-bond acceptors (Lipinski definition) is 3. The minimum Gasteiger partial charge on any atom is -0.352 e. The third kappa shape index (κ3) is 2.05. The average Bonchev–Trinajstić information content (AvgIpc) is 2.86. The largest absolute Gasteiger partial charge is 0.352 e. The summed E-state index contributed by atoms with van der Waals surface area (Å²) >= 11 is 0. The van der Waals surface area contributed by atoms with Gasteiger partial charge in [0, 0.05) is 31.4 Å². The lowest BCUT2D eigenvalue weighted by Gasteiger charge is -2.08. The average molecular weight is 231 g/mol. The fourth-order valence-electron chi connectivity index (χ4n) is 2.77. The van der Waals surface area contributed by atoms with E-state index >= 15 is 0 Å². The molecule has 1 saturated carbocycles. The number of rotatable bonds is 3. The van der Waals surface area contributed by atoms with Crippen molar-refractivity contribution < 1.29 is 4.79 Å². The predicted molar refractivity (Wildman–Crippen MR) is 64.1 cm³/mol. The summed E-state index contributed by atoms with van der Waals surface area (Å²) in [7, 11) is 0. The monoisotopic (exact) mass is 231 g/mol. The van der Waals surface area contributed by atoms with Crippen LogP contribution in [0.3, 0.4) is 0 Å². The van der Waals surface area contributed by atoms with Crippen LogP contribution in [0.2, 0.25) is 0 Å². The number of pyridine rings is 1. The van der Waals surface area contributed by atoms with Crippen molar-refractivity contribution in [1.82, 2.24) is 15.6 Å². The topological polar surface area (TPSA) is 54.0 Å². The van der Waals surface area contributed by atoms with Gasteiger partial charge in [0.15, 0.2) is 0 Å². The Hall–Kier alpha value is -1.42. The molecule has 0 bridgehead atoms. The smallest absolute Gasteiger partial charge is 0.224 e. The van der Waals surface area contributed by atoms with Crippen LogP contribution in [-0.4, -0.2) is 24.0 Å². The van der Waals surface area contributed by atoms with E-state index in [0.29, 0.717) is 12.0 Å². The molecule has 1 aromatic rings. The maximum Gasteiger partial charge on any atom is 0.224 e. The zero-order valence-corrected chi connectivity index (χ0v) is 9.78. The van der Waals surface area contributed by atoms with Gasteiger partial charge in [0.25, 0.3) is 0 Å². The van der Waals surface area contributed by atoms with Crippen molar-refractivity contribution in [2.45, 2.75) is 19.4 Å². The molecule has 90 valence electrons. The number of nitrogens with one attached hydrogen (secondary N) is 2. The second kappa shape index (κ2) is 4.11. The van der Waals surface area contributed by atoms with Gasteiger partial charge in [0.05, 0.1) is 0 Å². The van der Waals surface area contributed by atoms with Crippen LogP contribution >= 0.6 is 0 Å². The molecule has 2 fully saturated rings. The van der Waals surface area contributed by atoms with Crippen LogP contribution in [0.1, 0.15) is 18.4 Å². The van der Waals surface area contributed by atoms with Crippen molar-refractivity contribution in [2.75, 3.05) is 13.1 Å². The minimum atomic E-state index is 0.206. The highest BCUT2D eigenvalue weighted by Gasteiger charge is 2.58. The maximum atomic E-state index is 12.0. The highest BCUT2D eigenvalue weighted by molar-refractivity contribution is 5.82. The third-order valence-electron chi connectivity index (χ3n) is 3.97. The van der Waals surface area contributed by atoms with Gasteiger partial charge in [-0.05, 0) is 36.4 Å². The van der Waals surface area contributed by atoms with E-state index in [1.807, 2.05) is 12.1 Å². The van der Waals surface area contributed by atoms with Gasteiger partial charge in [-0.15, -0.1) is 0 Å². The molecular formula is C13H17N3O. The van der Waals surface area contributed by atoms with E-state index in [2.05, 4.69) is 15.6 Å². The molecule has 1 aliphatic heterocycles. The summed E-state index contributed by atoms with van der Waals surface area (Å²) in [6.45, 7) is 2.66. The number of carbonyl (C=O) groups excluding carboxylic acids is 1. The zero-order valence-electron chi connectivity index (χ0n) is 9.78. The van der Waals surface area contributed by atoms with E-state index in [9.17, 15) is 4.79 Å². The Balaban J connectivity index is 1.52. The Kier molecular flexibility index (Phi) is 2.59. The van der Waals surface area contributed by atoms with Crippen LogP contribution in [0.15, 0.2) is 24.5 Å². The highest BCUT2D eigenvalue weighted by atomic mass is 16.2. The molecule has 0 aromatic carbocycles. The predicted octanol–water partition coefficient (Wildman–Crippen LogP) is 0.697. The van der Waals surface area contributed by atoms with Crippen molar-refractivity contribution >= 4 is 5.91 Å². The summed E-state index contributed by atoms with van der Waals surface area (Å²) in [5.41, 5.74) is 1.35. The lowest BCUT2D eigenvalue weighted by molar-refractivity contribution is -0.123. The van der Waals surface area contributed by atoms with E-state index in [-0.39, 0.29) is 11.8 Å². The summed E-state index contributed by atoms with van der Waals surface area (Å²) < 4.78 is 0. The lowest BCUT2D eigenvalue weighted by Crippen LogP contribution is -2.27. The minimum absolute atomic E-state index is 0.206. The molecular weight excluding hydrogens is 214 g/mol. The molecule has 1 aliphatic carbocycles. The van der Waals surface area contributed by atoms with Gasteiger partial charge in [-0.1, -0.05) is 6.07 Å². The highest BCUT2D eigenvalue weighted by Crippen LogP contribution is 2.56. The fraction of sp³-hybridized carbons (Fsp3) is 0.538. The van der Waals surface area contributed by atoms with Crippen molar-refractivity contribution in [1.29, 1.82) is 0 Å². The Morgan fingerprint density at radius 2 is 2.59 bits per heavy atom. The molecule has 2 N–H and O–H groups in total. The molecule has 2 unspecified atom stereocenters. The molecule has 17 heavy (non-hydrogen) atoms. The zero-order chi connectivity index (χ0) is 11.7. The molecule has 3 rings (SSSR count). The van der Waals surface area contributed by atoms with E-state index in [1.54, 1.807) is 12.4 Å². The van der Waals surface area contributed by atoms with Crippen LogP contribution in [0.25, 0.3) is 0 Å². The maximum absolute atomic E-state index is 12.0. The summed E-state index contributed by atoms with van der Waals surface area (Å²) in [4.78, 5) is 16.0. The fourth-order valence-corrected chi connectivity index (χ4v) is 2.77. The molecule has 1 spiro atoms. The molecule has 2 atom stereocenters. The van der Waals surface area contributed by atoms with Crippen LogP contribution in [-0.2, 0) is 11.3 Å². The van der Waals surface area contributed by atoms with Crippen molar-refractivity contribution in [3.05, 3.63) is 30.1 Å². The molecule has 2 heterocycles. The van der Waals surface area contributed by atoms with Gasteiger partial charge in [-0.2, -0.15) is 0 Å². The van der Waals surface area contributed by atoms with Crippen LogP contribution in [0.5, 0.6) is 0 Å². The molecule has 0 radical (unpaired) electrons.